The Morgan fingerprint density at radius 3 is 2.04 bits per heavy atom. The van der Waals surface area contributed by atoms with Crippen LogP contribution in [0.2, 0.25) is 0 Å². The quantitative estimate of drug-likeness (QED) is 0.721. The number of methoxy groups -OCH3 is 2. The number of hydrogen-bond donors (Lipinski definition) is 2. The number of benzene rings is 2. The van der Waals surface area contributed by atoms with Crippen LogP contribution in [0, 0.1) is 0 Å². The van der Waals surface area contributed by atoms with Gasteiger partial charge in [0.25, 0.3) is 0 Å². The van der Waals surface area contributed by atoms with Crippen LogP contribution in [0.15, 0.2) is 47.4 Å². The first-order chi connectivity index (χ1) is 12.4. The van der Waals surface area contributed by atoms with Crippen LogP contribution < -0.4 is 20.1 Å². The third-order valence-corrected chi connectivity index (χ3v) is 4.60. The molecule has 2 rings (SSSR count). The second kappa shape index (κ2) is 9.15. The highest BCUT2D eigenvalue weighted by molar-refractivity contribution is 8.00. The monoisotopic (exact) mass is 374 g/mol. The molecule has 0 saturated carbocycles. The summed E-state index contributed by atoms with van der Waals surface area (Å²) in [7, 11) is 3.16. The van der Waals surface area contributed by atoms with Gasteiger partial charge in [-0.2, -0.15) is 0 Å². The molecule has 0 aliphatic carbocycles. The van der Waals surface area contributed by atoms with E-state index in [1.54, 1.807) is 38.5 Å². The van der Waals surface area contributed by atoms with Crippen molar-refractivity contribution < 1.29 is 19.1 Å². The molecule has 0 fully saturated rings. The third kappa shape index (κ3) is 5.42. The van der Waals surface area contributed by atoms with Crippen molar-refractivity contribution in [3.63, 3.8) is 0 Å². The fourth-order valence-corrected chi connectivity index (χ4v) is 3.13. The predicted octanol–water partition coefficient (Wildman–Crippen LogP) is 3.78. The standard InChI is InChI=1S/C19H22N2O4S/c1-12(26-16-9-10-17(24-3)18(11-16)25-4)19(23)21-15-7-5-14(6-8-15)20-13(2)22/h5-12H,1-4H3,(H,20,22)(H,21,23)/t12-/m0/s1. The van der Waals surface area contributed by atoms with E-state index in [0.29, 0.717) is 22.9 Å². The zero-order valence-corrected chi connectivity index (χ0v) is 16.0. The second-order valence-corrected chi connectivity index (χ2v) is 6.94. The first-order valence-corrected chi connectivity index (χ1v) is 8.88. The molecule has 26 heavy (non-hydrogen) atoms. The molecule has 0 aromatic heterocycles. The van der Waals surface area contributed by atoms with Gasteiger partial charge in [-0.25, -0.2) is 0 Å². The summed E-state index contributed by atoms with van der Waals surface area (Å²) in [5, 5.41) is 5.25. The maximum absolute atomic E-state index is 12.4. The maximum Gasteiger partial charge on any atom is 0.237 e. The van der Waals surface area contributed by atoms with Gasteiger partial charge < -0.3 is 20.1 Å². The number of hydrogen-bond acceptors (Lipinski definition) is 5. The Bertz CT molecular complexity index is 778. The van der Waals surface area contributed by atoms with Gasteiger partial charge in [-0.15, -0.1) is 11.8 Å². The molecule has 2 amide bonds. The fraction of sp³-hybridized carbons (Fsp3) is 0.263. The fourth-order valence-electron chi connectivity index (χ4n) is 2.23. The van der Waals surface area contributed by atoms with Crippen molar-refractivity contribution in [3.05, 3.63) is 42.5 Å². The summed E-state index contributed by atoms with van der Waals surface area (Å²) in [5.41, 5.74) is 1.35. The van der Waals surface area contributed by atoms with Crippen LogP contribution >= 0.6 is 11.8 Å². The van der Waals surface area contributed by atoms with E-state index in [-0.39, 0.29) is 17.1 Å². The minimum atomic E-state index is -0.303. The first-order valence-electron chi connectivity index (χ1n) is 8.00. The van der Waals surface area contributed by atoms with E-state index < -0.39 is 0 Å². The number of thioether (sulfide) groups is 1. The molecular formula is C19H22N2O4S. The van der Waals surface area contributed by atoms with Gasteiger partial charge in [-0.05, 0) is 49.4 Å². The van der Waals surface area contributed by atoms with E-state index in [1.807, 2.05) is 25.1 Å². The topological polar surface area (TPSA) is 76.7 Å². The van der Waals surface area contributed by atoms with Crippen molar-refractivity contribution in [3.8, 4) is 11.5 Å². The third-order valence-electron chi connectivity index (χ3n) is 3.51. The highest BCUT2D eigenvalue weighted by Crippen LogP contribution is 2.33. The first kappa shape index (κ1) is 19.7. The molecule has 138 valence electrons. The van der Waals surface area contributed by atoms with Gasteiger partial charge in [0.2, 0.25) is 11.8 Å². The van der Waals surface area contributed by atoms with Crippen LogP contribution in [0.3, 0.4) is 0 Å². The highest BCUT2D eigenvalue weighted by Gasteiger charge is 2.16. The number of amides is 2. The van der Waals surface area contributed by atoms with E-state index in [4.69, 9.17) is 9.47 Å². The Morgan fingerprint density at radius 1 is 0.923 bits per heavy atom. The van der Waals surface area contributed by atoms with Crippen molar-refractivity contribution in [2.75, 3.05) is 24.9 Å². The number of carbonyl (C=O) groups excluding carboxylic acids is 2. The zero-order chi connectivity index (χ0) is 19.1. The van der Waals surface area contributed by atoms with Gasteiger partial charge in [0.05, 0.1) is 19.5 Å². The van der Waals surface area contributed by atoms with Gasteiger partial charge in [-0.1, -0.05) is 0 Å². The van der Waals surface area contributed by atoms with E-state index >= 15 is 0 Å². The Morgan fingerprint density at radius 2 is 1.50 bits per heavy atom. The van der Waals surface area contributed by atoms with Crippen LogP contribution in [0.1, 0.15) is 13.8 Å². The van der Waals surface area contributed by atoms with Crippen LogP contribution in [0.5, 0.6) is 11.5 Å². The number of ether oxygens (including phenoxy) is 2. The number of nitrogens with one attached hydrogen (secondary N) is 2. The minimum Gasteiger partial charge on any atom is -0.493 e. The zero-order valence-electron chi connectivity index (χ0n) is 15.2. The number of anilines is 2. The van der Waals surface area contributed by atoms with Crippen molar-refractivity contribution >= 4 is 35.0 Å². The van der Waals surface area contributed by atoms with Gasteiger partial charge in [0, 0.05) is 23.2 Å². The van der Waals surface area contributed by atoms with Gasteiger partial charge >= 0.3 is 0 Å². The number of carbonyl (C=O) groups is 2. The smallest absolute Gasteiger partial charge is 0.237 e. The molecule has 0 spiro atoms. The minimum absolute atomic E-state index is 0.114. The number of rotatable bonds is 7. The predicted molar refractivity (Wildman–Crippen MR) is 104 cm³/mol. The lowest BCUT2D eigenvalue weighted by atomic mass is 10.2. The molecule has 6 nitrogen and oxygen atoms in total. The SMILES string of the molecule is COc1ccc(S[C@@H](C)C(=O)Nc2ccc(NC(C)=O)cc2)cc1OC. The molecule has 2 aromatic rings. The normalized spacial score (nSPS) is 11.4. The van der Waals surface area contributed by atoms with Gasteiger partial charge in [0.15, 0.2) is 11.5 Å². The average molecular weight is 374 g/mol. The van der Waals surface area contributed by atoms with Crippen molar-refractivity contribution in [1.82, 2.24) is 0 Å². The molecule has 0 bridgehead atoms. The lowest BCUT2D eigenvalue weighted by molar-refractivity contribution is -0.115. The van der Waals surface area contributed by atoms with Crippen LogP contribution in [0.4, 0.5) is 11.4 Å². The summed E-state index contributed by atoms with van der Waals surface area (Å²) in [4.78, 5) is 24.3. The molecule has 7 heteroatoms. The summed E-state index contributed by atoms with van der Waals surface area (Å²) in [6.07, 6.45) is 0. The summed E-state index contributed by atoms with van der Waals surface area (Å²) < 4.78 is 10.5. The Kier molecular flexibility index (Phi) is 6.91. The molecule has 0 radical (unpaired) electrons. The largest absolute Gasteiger partial charge is 0.493 e. The maximum atomic E-state index is 12.4. The molecule has 2 aromatic carbocycles. The summed E-state index contributed by atoms with van der Waals surface area (Å²) in [6.45, 7) is 3.28. The average Bonchev–Trinajstić information content (AvgIpc) is 2.62. The van der Waals surface area contributed by atoms with Crippen molar-refractivity contribution in [1.29, 1.82) is 0 Å². The van der Waals surface area contributed by atoms with E-state index in [2.05, 4.69) is 10.6 Å². The van der Waals surface area contributed by atoms with E-state index in [0.717, 1.165) is 4.90 Å². The Hall–Kier alpha value is -2.67. The summed E-state index contributed by atoms with van der Waals surface area (Å²) >= 11 is 1.43. The molecule has 0 unspecified atom stereocenters. The lowest BCUT2D eigenvalue weighted by Gasteiger charge is -2.14. The van der Waals surface area contributed by atoms with Gasteiger partial charge in [-0.3, -0.25) is 9.59 Å². The molecule has 2 N–H and O–H groups in total. The van der Waals surface area contributed by atoms with Crippen molar-refractivity contribution in [2.24, 2.45) is 0 Å². The van der Waals surface area contributed by atoms with Crippen molar-refractivity contribution in [2.45, 2.75) is 24.0 Å². The van der Waals surface area contributed by atoms with Crippen LogP contribution in [-0.4, -0.2) is 31.3 Å². The summed E-state index contributed by atoms with van der Waals surface area (Å²) in [6, 6.07) is 12.5. The molecular weight excluding hydrogens is 352 g/mol. The Labute approximate surface area is 157 Å². The molecule has 0 aliphatic heterocycles. The highest BCUT2D eigenvalue weighted by atomic mass is 32.2. The lowest BCUT2D eigenvalue weighted by Crippen LogP contribution is -2.22. The molecule has 0 aliphatic rings. The molecule has 0 heterocycles. The molecule has 1 atom stereocenters. The van der Waals surface area contributed by atoms with Crippen LogP contribution in [-0.2, 0) is 9.59 Å². The van der Waals surface area contributed by atoms with E-state index in [1.165, 1.54) is 18.7 Å². The second-order valence-electron chi connectivity index (χ2n) is 5.52. The van der Waals surface area contributed by atoms with Crippen LogP contribution in [0.25, 0.3) is 0 Å². The Balaban J connectivity index is 1.98. The summed E-state index contributed by atoms with van der Waals surface area (Å²) in [5.74, 6) is 1.02. The van der Waals surface area contributed by atoms with Gasteiger partial charge in [0.1, 0.15) is 0 Å². The van der Waals surface area contributed by atoms with E-state index in [9.17, 15) is 9.59 Å². The molecule has 0 saturated heterocycles.